The van der Waals surface area contributed by atoms with Crippen molar-refractivity contribution in [2.24, 2.45) is 0 Å². The van der Waals surface area contributed by atoms with Gasteiger partial charge in [-0.15, -0.1) is 0 Å². The molecule has 0 atom stereocenters. The summed E-state index contributed by atoms with van der Waals surface area (Å²) in [4.78, 5) is 2.54. The Balaban J connectivity index is 1.60. The molecule has 1 aliphatic rings. The van der Waals surface area contributed by atoms with Gasteiger partial charge in [0.05, 0.1) is 6.61 Å². The van der Waals surface area contributed by atoms with Crippen molar-refractivity contribution >= 4 is 0 Å². The lowest BCUT2D eigenvalue weighted by Gasteiger charge is -2.14. The fourth-order valence-electron chi connectivity index (χ4n) is 2.51. The molecular formula is C17H28N2O. The van der Waals surface area contributed by atoms with E-state index in [0.717, 1.165) is 31.9 Å². The minimum absolute atomic E-state index is 0.823. The van der Waals surface area contributed by atoms with Gasteiger partial charge in [-0.3, -0.25) is 0 Å². The van der Waals surface area contributed by atoms with E-state index in [1.807, 2.05) is 0 Å². The van der Waals surface area contributed by atoms with Crippen molar-refractivity contribution in [3.8, 4) is 5.75 Å². The van der Waals surface area contributed by atoms with Crippen molar-refractivity contribution in [1.29, 1.82) is 0 Å². The standard InChI is InChI=1S/C17H28N2O/c1-2-3-14-20-17-8-6-16(7-9-17)15-18-10-13-19-11-4-5-12-19/h6-9,18H,2-5,10-15H2,1H3. The fourth-order valence-corrected chi connectivity index (χ4v) is 2.51. The van der Waals surface area contributed by atoms with Crippen LogP contribution in [0.4, 0.5) is 0 Å². The summed E-state index contributed by atoms with van der Waals surface area (Å²) < 4.78 is 5.67. The van der Waals surface area contributed by atoms with Crippen LogP contribution in [-0.4, -0.2) is 37.7 Å². The van der Waals surface area contributed by atoms with E-state index < -0.39 is 0 Å². The Kier molecular flexibility index (Phi) is 6.89. The van der Waals surface area contributed by atoms with E-state index in [-0.39, 0.29) is 0 Å². The van der Waals surface area contributed by atoms with Crippen molar-refractivity contribution in [2.75, 3.05) is 32.8 Å². The first kappa shape index (κ1) is 15.3. The largest absolute Gasteiger partial charge is 0.494 e. The number of nitrogens with zero attached hydrogens (tertiary/aromatic N) is 1. The van der Waals surface area contributed by atoms with Gasteiger partial charge in [-0.05, 0) is 50.0 Å². The number of benzene rings is 1. The molecule has 0 aromatic heterocycles. The summed E-state index contributed by atoms with van der Waals surface area (Å²) in [7, 11) is 0. The lowest BCUT2D eigenvalue weighted by atomic mass is 10.2. The molecule has 3 nitrogen and oxygen atoms in total. The lowest BCUT2D eigenvalue weighted by Crippen LogP contribution is -2.29. The van der Waals surface area contributed by atoms with Crippen LogP contribution < -0.4 is 10.1 Å². The zero-order valence-corrected chi connectivity index (χ0v) is 12.7. The molecule has 1 aromatic carbocycles. The van der Waals surface area contributed by atoms with Crippen molar-refractivity contribution in [3.63, 3.8) is 0 Å². The molecule has 0 spiro atoms. The Morgan fingerprint density at radius 2 is 1.90 bits per heavy atom. The quantitative estimate of drug-likeness (QED) is 0.702. The Morgan fingerprint density at radius 3 is 2.60 bits per heavy atom. The summed E-state index contributed by atoms with van der Waals surface area (Å²) in [6, 6.07) is 8.47. The fraction of sp³-hybridized carbons (Fsp3) is 0.647. The monoisotopic (exact) mass is 276 g/mol. The number of unbranched alkanes of at least 4 members (excludes halogenated alkanes) is 1. The van der Waals surface area contributed by atoms with Crippen LogP contribution in [0, 0.1) is 0 Å². The van der Waals surface area contributed by atoms with Crippen molar-refractivity contribution < 1.29 is 4.74 Å². The number of hydrogen-bond donors (Lipinski definition) is 1. The van der Waals surface area contributed by atoms with Crippen LogP contribution in [0.1, 0.15) is 38.2 Å². The topological polar surface area (TPSA) is 24.5 Å². The number of likely N-dealkylation sites (tertiary alicyclic amines) is 1. The molecule has 112 valence electrons. The molecule has 0 bridgehead atoms. The minimum atomic E-state index is 0.823. The van der Waals surface area contributed by atoms with Crippen LogP contribution >= 0.6 is 0 Å². The first-order valence-corrected chi connectivity index (χ1v) is 8.03. The molecule has 1 aliphatic heterocycles. The van der Waals surface area contributed by atoms with Crippen molar-refractivity contribution in [2.45, 2.75) is 39.2 Å². The van der Waals surface area contributed by atoms with Gasteiger partial charge >= 0.3 is 0 Å². The predicted octanol–water partition coefficient (Wildman–Crippen LogP) is 3.05. The highest BCUT2D eigenvalue weighted by Crippen LogP contribution is 2.12. The molecular weight excluding hydrogens is 248 g/mol. The summed E-state index contributed by atoms with van der Waals surface area (Å²) in [5, 5.41) is 3.52. The second-order valence-electron chi connectivity index (χ2n) is 5.57. The van der Waals surface area contributed by atoms with E-state index in [1.54, 1.807) is 0 Å². The highest BCUT2D eigenvalue weighted by molar-refractivity contribution is 5.27. The number of rotatable bonds is 9. The molecule has 1 heterocycles. The predicted molar refractivity (Wildman–Crippen MR) is 84.2 cm³/mol. The van der Waals surface area contributed by atoms with Gasteiger partial charge in [0, 0.05) is 19.6 Å². The summed E-state index contributed by atoms with van der Waals surface area (Å²) >= 11 is 0. The number of ether oxygens (including phenoxy) is 1. The average molecular weight is 276 g/mol. The van der Waals surface area contributed by atoms with Gasteiger partial charge in [-0.2, -0.15) is 0 Å². The van der Waals surface area contributed by atoms with Gasteiger partial charge in [-0.25, -0.2) is 0 Å². The highest BCUT2D eigenvalue weighted by atomic mass is 16.5. The van der Waals surface area contributed by atoms with Gasteiger partial charge in [0.1, 0.15) is 5.75 Å². The normalized spacial score (nSPS) is 15.7. The highest BCUT2D eigenvalue weighted by Gasteiger charge is 2.09. The molecule has 0 radical (unpaired) electrons. The van der Waals surface area contributed by atoms with Crippen LogP contribution in [-0.2, 0) is 6.54 Å². The molecule has 2 rings (SSSR count). The summed E-state index contributed by atoms with van der Waals surface area (Å²) in [6.07, 6.45) is 5.05. The molecule has 1 fully saturated rings. The third-order valence-corrected chi connectivity index (χ3v) is 3.82. The Bertz CT molecular complexity index is 358. The maximum atomic E-state index is 5.67. The average Bonchev–Trinajstić information content (AvgIpc) is 2.99. The summed E-state index contributed by atoms with van der Waals surface area (Å²) in [5.74, 6) is 0.985. The van der Waals surface area contributed by atoms with E-state index in [9.17, 15) is 0 Å². The van der Waals surface area contributed by atoms with Gasteiger partial charge in [0.2, 0.25) is 0 Å². The third kappa shape index (κ3) is 5.51. The SMILES string of the molecule is CCCCOc1ccc(CNCCN2CCCC2)cc1. The summed E-state index contributed by atoms with van der Waals surface area (Å²) in [6.45, 7) is 8.78. The van der Waals surface area contributed by atoms with E-state index in [0.29, 0.717) is 0 Å². The Morgan fingerprint density at radius 1 is 1.15 bits per heavy atom. The van der Waals surface area contributed by atoms with Gasteiger partial charge in [-0.1, -0.05) is 25.5 Å². The zero-order valence-electron chi connectivity index (χ0n) is 12.7. The number of nitrogens with one attached hydrogen (secondary N) is 1. The van der Waals surface area contributed by atoms with Crippen molar-refractivity contribution in [3.05, 3.63) is 29.8 Å². The van der Waals surface area contributed by atoms with Crippen LogP contribution in [0.15, 0.2) is 24.3 Å². The maximum Gasteiger partial charge on any atom is 0.119 e. The smallest absolute Gasteiger partial charge is 0.119 e. The summed E-state index contributed by atoms with van der Waals surface area (Å²) in [5.41, 5.74) is 1.33. The maximum absolute atomic E-state index is 5.67. The molecule has 0 aliphatic carbocycles. The second-order valence-corrected chi connectivity index (χ2v) is 5.57. The van der Waals surface area contributed by atoms with Gasteiger partial charge < -0.3 is 15.0 Å². The van der Waals surface area contributed by atoms with E-state index in [2.05, 4.69) is 41.4 Å². The lowest BCUT2D eigenvalue weighted by molar-refractivity contribution is 0.309. The molecule has 0 amide bonds. The molecule has 1 N–H and O–H groups in total. The molecule has 20 heavy (non-hydrogen) atoms. The first-order chi connectivity index (χ1) is 9.88. The first-order valence-electron chi connectivity index (χ1n) is 8.03. The van der Waals surface area contributed by atoms with Crippen LogP contribution in [0.3, 0.4) is 0 Å². The minimum Gasteiger partial charge on any atom is -0.494 e. The molecule has 0 saturated carbocycles. The van der Waals surface area contributed by atoms with Crippen LogP contribution in [0.25, 0.3) is 0 Å². The van der Waals surface area contributed by atoms with Gasteiger partial charge in [0.25, 0.3) is 0 Å². The number of hydrogen-bond acceptors (Lipinski definition) is 3. The third-order valence-electron chi connectivity index (χ3n) is 3.82. The molecule has 1 aromatic rings. The molecule has 1 saturated heterocycles. The van der Waals surface area contributed by atoms with E-state index in [1.165, 1.54) is 44.5 Å². The van der Waals surface area contributed by atoms with E-state index >= 15 is 0 Å². The second kappa shape index (κ2) is 8.98. The van der Waals surface area contributed by atoms with Gasteiger partial charge in [0.15, 0.2) is 0 Å². The van der Waals surface area contributed by atoms with Crippen LogP contribution in [0.2, 0.25) is 0 Å². The van der Waals surface area contributed by atoms with Crippen molar-refractivity contribution in [1.82, 2.24) is 10.2 Å². The molecule has 3 heteroatoms. The zero-order chi connectivity index (χ0) is 14.0. The van der Waals surface area contributed by atoms with E-state index in [4.69, 9.17) is 4.74 Å². The van der Waals surface area contributed by atoms with Crippen LogP contribution in [0.5, 0.6) is 5.75 Å². The Labute approximate surface area is 123 Å². The molecule has 0 unspecified atom stereocenters. The Hall–Kier alpha value is -1.06.